The van der Waals surface area contributed by atoms with Crippen molar-refractivity contribution in [2.24, 2.45) is 5.14 Å². The predicted octanol–water partition coefficient (Wildman–Crippen LogP) is 2.72. The third-order valence-corrected chi connectivity index (χ3v) is 6.21. The molecule has 3 amide bonds. The van der Waals surface area contributed by atoms with Gasteiger partial charge in [0.1, 0.15) is 4.88 Å². The Hall–Kier alpha value is -3.28. The Bertz CT molecular complexity index is 1180. The van der Waals surface area contributed by atoms with Crippen molar-refractivity contribution in [1.29, 1.82) is 0 Å². The van der Waals surface area contributed by atoms with Crippen LogP contribution in [0.4, 0.5) is 15.6 Å². The molecule has 0 radical (unpaired) electrons. The van der Waals surface area contributed by atoms with Crippen LogP contribution in [0.3, 0.4) is 0 Å². The van der Waals surface area contributed by atoms with Crippen molar-refractivity contribution in [3.05, 3.63) is 70.7 Å². The van der Waals surface area contributed by atoms with Crippen LogP contribution in [0.25, 0.3) is 0 Å². The van der Waals surface area contributed by atoms with Crippen molar-refractivity contribution in [2.45, 2.75) is 18.2 Å². The molecule has 0 fully saturated rings. The summed E-state index contributed by atoms with van der Waals surface area (Å²) in [5, 5.41) is 13.5. The summed E-state index contributed by atoms with van der Waals surface area (Å²) in [5.41, 5.74) is 2.01. The van der Waals surface area contributed by atoms with Crippen LogP contribution in [0.5, 0.6) is 0 Å². The highest BCUT2D eigenvalue weighted by Gasteiger charge is 2.16. The molecule has 1 aromatic heterocycles. The van der Waals surface area contributed by atoms with Crippen molar-refractivity contribution in [1.82, 2.24) is 10.3 Å². The summed E-state index contributed by atoms with van der Waals surface area (Å²) < 4.78 is 22.6. The van der Waals surface area contributed by atoms with Gasteiger partial charge in [0.25, 0.3) is 5.91 Å². The number of nitrogens with zero attached hydrogens (tertiary/aromatic N) is 1. The SMILES string of the molecule is Cc1nc(NC(=O)Nc2ccccc2)sc1C(=O)NCCc1ccc(S(N)(=O)=O)cc1. The molecule has 0 atom stereocenters. The molecule has 0 saturated carbocycles. The van der Waals surface area contributed by atoms with E-state index in [1.165, 1.54) is 12.1 Å². The van der Waals surface area contributed by atoms with Gasteiger partial charge in [-0.05, 0) is 43.2 Å². The minimum Gasteiger partial charge on any atom is -0.351 e. The zero-order valence-corrected chi connectivity index (χ0v) is 18.2. The summed E-state index contributed by atoms with van der Waals surface area (Å²) in [6.07, 6.45) is 0.513. The van der Waals surface area contributed by atoms with Crippen molar-refractivity contribution in [2.75, 3.05) is 17.2 Å². The van der Waals surface area contributed by atoms with Crippen molar-refractivity contribution in [3.8, 4) is 0 Å². The van der Waals surface area contributed by atoms with E-state index >= 15 is 0 Å². The number of hydrogen-bond donors (Lipinski definition) is 4. The molecule has 5 N–H and O–H groups in total. The van der Waals surface area contributed by atoms with Crippen molar-refractivity contribution >= 4 is 44.1 Å². The van der Waals surface area contributed by atoms with Crippen molar-refractivity contribution < 1.29 is 18.0 Å². The molecule has 0 aliphatic carbocycles. The molecular formula is C20H21N5O4S2. The lowest BCUT2D eigenvalue weighted by Crippen LogP contribution is -2.25. The first-order valence-electron chi connectivity index (χ1n) is 9.23. The summed E-state index contributed by atoms with van der Waals surface area (Å²) >= 11 is 1.08. The van der Waals surface area contributed by atoms with Crippen LogP contribution in [0.15, 0.2) is 59.5 Å². The third-order valence-electron chi connectivity index (χ3n) is 4.21. The van der Waals surface area contributed by atoms with E-state index in [2.05, 4.69) is 20.9 Å². The number of aromatic nitrogens is 1. The Morgan fingerprint density at radius 2 is 1.71 bits per heavy atom. The fraction of sp³-hybridized carbons (Fsp3) is 0.150. The average molecular weight is 460 g/mol. The van der Waals surface area contributed by atoms with E-state index in [0.29, 0.717) is 34.4 Å². The van der Waals surface area contributed by atoms with Gasteiger partial charge in [0, 0.05) is 12.2 Å². The predicted molar refractivity (Wildman–Crippen MR) is 120 cm³/mol. The summed E-state index contributed by atoms with van der Waals surface area (Å²) in [4.78, 5) is 29.2. The van der Waals surface area contributed by atoms with E-state index in [1.54, 1.807) is 43.3 Å². The lowest BCUT2D eigenvalue weighted by Gasteiger charge is -2.05. The summed E-state index contributed by atoms with van der Waals surface area (Å²) in [7, 11) is -3.73. The highest BCUT2D eigenvalue weighted by Crippen LogP contribution is 2.22. The van der Waals surface area contributed by atoms with Gasteiger partial charge in [-0.15, -0.1) is 0 Å². The number of thiazole rings is 1. The largest absolute Gasteiger partial charge is 0.351 e. The van der Waals surface area contributed by atoms with Gasteiger partial charge < -0.3 is 10.6 Å². The minimum absolute atomic E-state index is 0.0388. The molecule has 11 heteroatoms. The van der Waals surface area contributed by atoms with Crippen molar-refractivity contribution in [3.63, 3.8) is 0 Å². The highest BCUT2D eigenvalue weighted by molar-refractivity contribution is 7.89. The zero-order valence-electron chi connectivity index (χ0n) is 16.6. The number of carbonyl (C=O) groups excluding carboxylic acids is 2. The molecule has 0 saturated heterocycles. The van der Waals surface area contributed by atoms with Crippen LogP contribution in [0, 0.1) is 6.92 Å². The lowest BCUT2D eigenvalue weighted by atomic mass is 10.1. The number of rotatable bonds is 7. The van der Waals surface area contributed by atoms with E-state index in [4.69, 9.17) is 5.14 Å². The number of carbonyl (C=O) groups is 2. The number of amides is 3. The second kappa shape index (κ2) is 9.69. The lowest BCUT2D eigenvalue weighted by molar-refractivity contribution is 0.0957. The first kappa shape index (κ1) is 22.4. The highest BCUT2D eigenvalue weighted by atomic mass is 32.2. The number of urea groups is 1. The summed E-state index contributed by atoms with van der Waals surface area (Å²) in [5.74, 6) is -0.298. The van der Waals surface area contributed by atoms with Gasteiger partial charge in [-0.25, -0.2) is 23.3 Å². The Labute approximate surface area is 183 Å². The first-order valence-corrected chi connectivity index (χ1v) is 11.6. The van der Waals surface area contributed by atoms with Gasteiger partial charge in [0.2, 0.25) is 10.0 Å². The quantitative estimate of drug-likeness (QED) is 0.429. The molecule has 0 spiro atoms. The van der Waals surface area contributed by atoms with Gasteiger partial charge in [-0.1, -0.05) is 41.7 Å². The Morgan fingerprint density at radius 3 is 2.35 bits per heavy atom. The monoisotopic (exact) mass is 459 g/mol. The van der Waals surface area contributed by atoms with E-state index in [-0.39, 0.29) is 10.8 Å². The van der Waals surface area contributed by atoms with Gasteiger partial charge in [-0.3, -0.25) is 10.1 Å². The number of aryl methyl sites for hydroxylation is 1. The molecule has 1 heterocycles. The fourth-order valence-corrected chi connectivity index (χ4v) is 4.08. The van der Waals surface area contributed by atoms with E-state index in [0.717, 1.165) is 16.9 Å². The number of primary sulfonamides is 1. The molecule has 2 aromatic carbocycles. The number of para-hydroxylation sites is 1. The number of nitrogens with two attached hydrogens (primary N) is 1. The van der Waals surface area contributed by atoms with E-state index in [1.807, 2.05) is 6.07 Å². The smallest absolute Gasteiger partial charge is 0.325 e. The maximum absolute atomic E-state index is 12.5. The van der Waals surface area contributed by atoms with Crippen LogP contribution >= 0.6 is 11.3 Å². The topological polar surface area (TPSA) is 143 Å². The van der Waals surface area contributed by atoms with Gasteiger partial charge in [0.15, 0.2) is 5.13 Å². The normalized spacial score (nSPS) is 11.0. The molecular weight excluding hydrogens is 438 g/mol. The zero-order chi connectivity index (χ0) is 22.4. The van der Waals surface area contributed by atoms with Crippen LogP contribution in [-0.2, 0) is 16.4 Å². The summed E-state index contributed by atoms with van der Waals surface area (Å²) in [6.45, 7) is 2.04. The number of anilines is 2. The molecule has 0 bridgehead atoms. The molecule has 3 rings (SSSR count). The number of nitrogens with one attached hydrogen (secondary N) is 3. The van der Waals surface area contributed by atoms with Crippen LogP contribution in [0.2, 0.25) is 0 Å². The standard InChI is InChI=1S/C20H21N5O4S2/c1-13-17(30-20(23-13)25-19(27)24-15-5-3-2-4-6-15)18(26)22-12-11-14-7-9-16(10-8-14)31(21,28)29/h2-10H,11-12H2,1H3,(H,22,26)(H2,21,28,29)(H2,23,24,25,27). The molecule has 31 heavy (non-hydrogen) atoms. The number of sulfonamides is 1. The molecule has 0 aliphatic heterocycles. The molecule has 9 nitrogen and oxygen atoms in total. The maximum atomic E-state index is 12.5. The molecule has 0 unspecified atom stereocenters. The van der Waals surface area contributed by atoms with Gasteiger partial charge in [-0.2, -0.15) is 0 Å². The number of benzene rings is 2. The molecule has 0 aliphatic rings. The molecule has 162 valence electrons. The minimum atomic E-state index is -3.73. The van der Waals surface area contributed by atoms with Gasteiger partial charge >= 0.3 is 6.03 Å². The second-order valence-corrected chi connectivity index (χ2v) is 9.13. The van der Waals surface area contributed by atoms with E-state index in [9.17, 15) is 18.0 Å². The summed E-state index contributed by atoms with van der Waals surface area (Å²) in [6, 6.07) is 14.7. The Kier molecular flexibility index (Phi) is 7.00. The fourth-order valence-electron chi connectivity index (χ4n) is 2.69. The van der Waals surface area contributed by atoms with Crippen LogP contribution in [-0.4, -0.2) is 31.9 Å². The van der Waals surface area contributed by atoms with Crippen LogP contribution < -0.4 is 21.1 Å². The first-order chi connectivity index (χ1) is 14.7. The third kappa shape index (κ3) is 6.35. The Morgan fingerprint density at radius 1 is 1.03 bits per heavy atom. The maximum Gasteiger partial charge on any atom is 0.325 e. The van der Waals surface area contributed by atoms with E-state index < -0.39 is 16.1 Å². The second-order valence-electron chi connectivity index (χ2n) is 6.57. The van der Waals surface area contributed by atoms with Gasteiger partial charge in [0.05, 0.1) is 10.6 Å². The van der Waals surface area contributed by atoms with Crippen LogP contribution in [0.1, 0.15) is 20.9 Å². The Balaban J connectivity index is 1.52. The molecule has 3 aromatic rings. The number of hydrogen-bond acceptors (Lipinski definition) is 6. The average Bonchev–Trinajstić information content (AvgIpc) is 3.08.